The highest BCUT2D eigenvalue weighted by molar-refractivity contribution is 5.66. The number of pyridine rings is 1. The summed E-state index contributed by atoms with van der Waals surface area (Å²) in [7, 11) is 0. The number of ether oxygens (including phenoxy) is 1. The van der Waals surface area contributed by atoms with Crippen LogP contribution >= 0.6 is 0 Å². The minimum Gasteiger partial charge on any atom is -0.457 e. The van der Waals surface area contributed by atoms with Crippen molar-refractivity contribution in [2.24, 2.45) is 0 Å². The van der Waals surface area contributed by atoms with Crippen molar-refractivity contribution >= 4 is 5.82 Å². The lowest BCUT2D eigenvalue weighted by atomic mass is 10.1. The van der Waals surface area contributed by atoms with Gasteiger partial charge >= 0.3 is 0 Å². The highest BCUT2D eigenvalue weighted by atomic mass is 16.5. The van der Waals surface area contributed by atoms with Crippen molar-refractivity contribution in [3.8, 4) is 22.6 Å². The van der Waals surface area contributed by atoms with Gasteiger partial charge in [0.05, 0.1) is 0 Å². The summed E-state index contributed by atoms with van der Waals surface area (Å²) < 4.78 is 5.76. The molecule has 0 saturated heterocycles. The second-order valence-electron chi connectivity index (χ2n) is 4.41. The fourth-order valence-corrected chi connectivity index (χ4v) is 1.97. The zero-order valence-corrected chi connectivity index (χ0v) is 10.9. The van der Waals surface area contributed by atoms with E-state index in [1.165, 1.54) is 0 Å². The number of benzene rings is 2. The molecule has 98 valence electrons. The molecule has 0 aliphatic heterocycles. The third-order valence-corrected chi connectivity index (χ3v) is 2.95. The van der Waals surface area contributed by atoms with Gasteiger partial charge in [0.15, 0.2) is 0 Å². The summed E-state index contributed by atoms with van der Waals surface area (Å²) in [6.45, 7) is 0. The number of para-hydroxylation sites is 1. The first-order chi connectivity index (χ1) is 9.81. The van der Waals surface area contributed by atoms with Crippen LogP contribution in [-0.2, 0) is 0 Å². The number of hydrogen-bond acceptors (Lipinski definition) is 3. The molecule has 1 aromatic heterocycles. The number of nitrogens with zero attached hydrogens (tertiary/aromatic N) is 1. The summed E-state index contributed by atoms with van der Waals surface area (Å²) in [5.74, 6) is 2.16. The molecular formula is C17H14N2O. The predicted molar refractivity (Wildman–Crippen MR) is 80.6 cm³/mol. The molecule has 0 aliphatic carbocycles. The maximum Gasteiger partial charge on any atom is 0.127 e. The largest absolute Gasteiger partial charge is 0.457 e. The third kappa shape index (κ3) is 2.78. The lowest BCUT2D eigenvalue weighted by Crippen LogP contribution is -1.89. The van der Waals surface area contributed by atoms with E-state index in [0.717, 1.165) is 22.6 Å². The molecule has 2 aromatic carbocycles. The first kappa shape index (κ1) is 12.2. The van der Waals surface area contributed by atoms with Crippen molar-refractivity contribution in [3.05, 3.63) is 72.9 Å². The van der Waals surface area contributed by atoms with Gasteiger partial charge in [0.1, 0.15) is 17.3 Å². The fraction of sp³-hybridized carbons (Fsp3) is 0. The first-order valence-corrected chi connectivity index (χ1v) is 6.36. The molecule has 0 radical (unpaired) electrons. The number of anilines is 1. The topological polar surface area (TPSA) is 48.1 Å². The summed E-state index contributed by atoms with van der Waals surface area (Å²) in [6, 6.07) is 21.4. The van der Waals surface area contributed by atoms with Crippen LogP contribution in [0.1, 0.15) is 0 Å². The van der Waals surface area contributed by atoms with Gasteiger partial charge in [-0.25, -0.2) is 4.98 Å². The Labute approximate surface area is 117 Å². The monoisotopic (exact) mass is 262 g/mol. The van der Waals surface area contributed by atoms with E-state index >= 15 is 0 Å². The smallest absolute Gasteiger partial charge is 0.127 e. The molecule has 0 saturated carbocycles. The maximum atomic E-state index is 5.76. The highest BCUT2D eigenvalue weighted by Gasteiger charge is 2.00. The quantitative estimate of drug-likeness (QED) is 0.772. The zero-order chi connectivity index (χ0) is 13.8. The Morgan fingerprint density at radius 1 is 0.750 bits per heavy atom. The van der Waals surface area contributed by atoms with Crippen molar-refractivity contribution in [1.82, 2.24) is 4.98 Å². The molecule has 0 bridgehead atoms. The van der Waals surface area contributed by atoms with Crippen LogP contribution in [0.15, 0.2) is 72.9 Å². The lowest BCUT2D eigenvalue weighted by molar-refractivity contribution is 0.483. The highest BCUT2D eigenvalue weighted by Crippen LogP contribution is 2.26. The summed E-state index contributed by atoms with van der Waals surface area (Å²) in [5, 5.41) is 0. The van der Waals surface area contributed by atoms with Crippen molar-refractivity contribution in [2.45, 2.75) is 0 Å². The van der Waals surface area contributed by atoms with Gasteiger partial charge in [0.25, 0.3) is 0 Å². The zero-order valence-electron chi connectivity index (χ0n) is 10.9. The standard InChI is InChI=1S/C17H14N2O/c18-17-12-14(10-11-19-17)13-6-8-16(9-7-13)20-15-4-2-1-3-5-15/h1-12H,(H2,18,19). The van der Waals surface area contributed by atoms with Crippen LogP contribution in [0.5, 0.6) is 11.5 Å². The number of aromatic nitrogens is 1. The van der Waals surface area contributed by atoms with Gasteiger partial charge in [0.2, 0.25) is 0 Å². The molecule has 3 nitrogen and oxygen atoms in total. The number of nitrogen functional groups attached to an aromatic ring is 1. The molecule has 1 heterocycles. The first-order valence-electron chi connectivity index (χ1n) is 6.36. The molecule has 3 heteroatoms. The van der Waals surface area contributed by atoms with Gasteiger partial charge in [-0.15, -0.1) is 0 Å². The van der Waals surface area contributed by atoms with E-state index in [-0.39, 0.29) is 0 Å². The SMILES string of the molecule is Nc1cc(-c2ccc(Oc3ccccc3)cc2)ccn1. The third-order valence-electron chi connectivity index (χ3n) is 2.95. The Balaban J connectivity index is 1.81. The number of nitrogens with two attached hydrogens (primary N) is 1. The van der Waals surface area contributed by atoms with Crippen LogP contribution in [0.3, 0.4) is 0 Å². The Kier molecular flexibility index (Phi) is 3.33. The molecule has 0 aliphatic rings. The van der Waals surface area contributed by atoms with Crippen LogP contribution in [0.4, 0.5) is 5.82 Å². The molecule has 2 N–H and O–H groups in total. The molecule has 0 fully saturated rings. The molecule has 0 spiro atoms. The van der Waals surface area contributed by atoms with Gasteiger partial charge in [0, 0.05) is 6.20 Å². The van der Waals surface area contributed by atoms with Gasteiger partial charge in [-0.2, -0.15) is 0 Å². The van der Waals surface area contributed by atoms with Gasteiger partial charge < -0.3 is 10.5 Å². The molecule has 20 heavy (non-hydrogen) atoms. The molecule has 0 atom stereocenters. The van der Waals surface area contributed by atoms with Crippen LogP contribution in [0, 0.1) is 0 Å². The summed E-state index contributed by atoms with van der Waals surface area (Å²) >= 11 is 0. The van der Waals surface area contributed by atoms with Crippen LogP contribution < -0.4 is 10.5 Å². The molecule has 3 aromatic rings. The van der Waals surface area contributed by atoms with E-state index in [4.69, 9.17) is 10.5 Å². The molecule has 3 rings (SSSR count). The Bertz CT molecular complexity index is 694. The van der Waals surface area contributed by atoms with Crippen LogP contribution in [0.2, 0.25) is 0 Å². The minimum atomic E-state index is 0.520. The fourth-order valence-electron chi connectivity index (χ4n) is 1.97. The van der Waals surface area contributed by atoms with Crippen LogP contribution in [0.25, 0.3) is 11.1 Å². The molecule has 0 amide bonds. The van der Waals surface area contributed by atoms with E-state index in [0.29, 0.717) is 5.82 Å². The number of rotatable bonds is 3. The number of hydrogen-bond donors (Lipinski definition) is 1. The summed E-state index contributed by atoms with van der Waals surface area (Å²) in [4.78, 5) is 3.99. The van der Waals surface area contributed by atoms with E-state index in [1.807, 2.05) is 66.7 Å². The molecule has 0 unspecified atom stereocenters. The maximum absolute atomic E-state index is 5.76. The average Bonchev–Trinajstić information content (AvgIpc) is 2.49. The van der Waals surface area contributed by atoms with E-state index in [9.17, 15) is 0 Å². The van der Waals surface area contributed by atoms with Gasteiger partial charge in [-0.3, -0.25) is 0 Å². The van der Waals surface area contributed by atoms with Crippen molar-refractivity contribution < 1.29 is 4.74 Å². The Morgan fingerprint density at radius 3 is 2.15 bits per heavy atom. The minimum absolute atomic E-state index is 0.520. The lowest BCUT2D eigenvalue weighted by Gasteiger charge is -2.07. The van der Waals surface area contributed by atoms with E-state index in [1.54, 1.807) is 6.20 Å². The second kappa shape index (κ2) is 5.45. The Hall–Kier alpha value is -2.81. The predicted octanol–water partition coefficient (Wildman–Crippen LogP) is 4.12. The van der Waals surface area contributed by atoms with Crippen molar-refractivity contribution in [2.75, 3.05) is 5.73 Å². The Morgan fingerprint density at radius 2 is 1.45 bits per heavy atom. The van der Waals surface area contributed by atoms with E-state index in [2.05, 4.69) is 4.98 Å². The van der Waals surface area contributed by atoms with Gasteiger partial charge in [-0.05, 0) is 47.5 Å². The van der Waals surface area contributed by atoms with Crippen molar-refractivity contribution in [1.29, 1.82) is 0 Å². The second-order valence-corrected chi connectivity index (χ2v) is 4.41. The van der Waals surface area contributed by atoms with E-state index < -0.39 is 0 Å². The molecular weight excluding hydrogens is 248 g/mol. The normalized spacial score (nSPS) is 10.2. The van der Waals surface area contributed by atoms with Crippen molar-refractivity contribution in [3.63, 3.8) is 0 Å². The van der Waals surface area contributed by atoms with Gasteiger partial charge in [-0.1, -0.05) is 30.3 Å². The van der Waals surface area contributed by atoms with Crippen LogP contribution in [-0.4, -0.2) is 4.98 Å². The summed E-state index contributed by atoms with van der Waals surface area (Å²) in [5.41, 5.74) is 7.82. The average molecular weight is 262 g/mol. The summed E-state index contributed by atoms with van der Waals surface area (Å²) in [6.07, 6.45) is 1.71.